The molecule has 6 heteroatoms. The second-order valence-electron chi connectivity index (χ2n) is 5.34. The lowest BCUT2D eigenvalue weighted by Crippen LogP contribution is -2.37. The molecule has 1 atom stereocenters. The average molecular weight is 273 g/mol. The second-order valence-corrected chi connectivity index (χ2v) is 5.34. The summed E-state index contributed by atoms with van der Waals surface area (Å²) in [5.74, 6) is 0.120. The summed E-state index contributed by atoms with van der Waals surface area (Å²) in [4.78, 5) is 16.6. The molecular weight excluding hydrogens is 254 g/mol. The minimum atomic E-state index is 0.0504. The van der Waals surface area contributed by atoms with E-state index < -0.39 is 0 Å². The van der Waals surface area contributed by atoms with Crippen LogP contribution < -0.4 is 10.6 Å². The van der Waals surface area contributed by atoms with Gasteiger partial charge in [-0.3, -0.25) is 9.48 Å². The first-order valence-corrected chi connectivity index (χ1v) is 6.96. The van der Waals surface area contributed by atoms with Gasteiger partial charge in [-0.15, -0.1) is 0 Å². The van der Waals surface area contributed by atoms with Gasteiger partial charge in [-0.1, -0.05) is 0 Å². The van der Waals surface area contributed by atoms with E-state index >= 15 is 0 Å². The van der Waals surface area contributed by atoms with Crippen molar-refractivity contribution in [1.82, 2.24) is 20.1 Å². The van der Waals surface area contributed by atoms with Crippen LogP contribution in [0.4, 0.5) is 5.69 Å². The van der Waals surface area contributed by atoms with Gasteiger partial charge < -0.3 is 10.6 Å². The standard InChI is InChI=1S/C14H19N5O/c1-9-12-6-11(8-16-13(12)19(2)18-9)17-14(20)10-4-3-5-15-7-10/h6,8,10,15H,3-5,7H2,1-2H3,(H,17,20). The molecule has 1 aliphatic heterocycles. The average Bonchev–Trinajstić information content (AvgIpc) is 2.75. The number of rotatable bonds is 2. The molecule has 0 aromatic carbocycles. The van der Waals surface area contributed by atoms with Gasteiger partial charge in [0.15, 0.2) is 5.65 Å². The van der Waals surface area contributed by atoms with E-state index in [1.165, 1.54) is 0 Å². The predicted molar refractivity (Wildman–Crippen MR) is 77.5 cm³/mol. The third-order valence-electron chi connectivity index (χ3n) is 3.80. The van der Waals surface area contributed by atoms with Crippen LogP contribution in [0.15, 0.2) is 12.3 Å². The molecule has 3 heterocycles. The van der Waals surface area contributed by atoms with Crippen molar-refractivity contribution in [2.24, 2.45) is 13.0 Å². The van der Waals surface area contributed by atoms with Crippen molar-refractivity contribution in [1.29, 1.82) is 0 Å². The topological polar surface area (TPSA) is 71.8 Å². The number of aryl methyl sites for hydroxylation is 2. The first-order chi connectivity index (χ1) is 9.65. The minimum absolute atomic E-state index is 0.0504. The Hall–Kier alpha value is -1.95. The number of carbonyl (C=O) groups excluding carboxylic acids is 1. The molecule has 1 amide bonds. The van der Waals surface area contributed by atoms with E-state index in [9.17, 15) is 4.79 Å². The fourth-order valence-electron chi connectivity index (χ4n) is 2.70. The van der Waals surface area contributed by atoms with Crippen molar-refractivity contribution in [3.8, 4) is 0 Å². The van der Waals surface area contributed by atoms with Crippen LogP contribution in [0.1, 0.15) is 18.5 Å². The smallest absolute Gasteiger partial charge is 0.228 e. The summed E-state index contributed by atoms with van der Waals surface area (Å²) in [6.07, 6.45) is 3.69. The maximum Gasteiger partial charge on any atom is 0.228 e. The van der Waals surface area contributed by atoms with E-state index in [0.717, 1.165) is 48.3 Å². The second kappa shape index (κ2) is 5.20. The quantitative estimate of drug-likeness (QED) is 0.863. The molecule has 2 N–H and O–H groups in total. The van der Waals surface area contributed by atoms with Crippen LogP contribution in [0.25, 0.3) is 11.0 Å². The predicted octanol–water partition coefficient (Wildman–Crippen LogP) is 1.21. The third kappa shape index (κ3) is 2.38. The first kappa shape index (κ1) is 13.1. The van der Waals surface area contributed by atoms with Gasteiger partial charge >= 0.3 is 0 Å². The van der Waals surface area contributed by atoms with Crippen LogP contribution in [0.3, 0.4) is 0 Å². The molecule has 6 nitrogen and oxygen atoms in total. The van der Waals surface area contributed by atoms with Crippen molar-refractivity contribution in [3.63, 3.8) is 0 Å². The molecule has 1 fully saturated rings. The number of hydrogen-bond acceptors (Lipinski definition) is 4. The number of fused-ring (bicyclic) bond motifs is 1. The van der Waals surface area contributed by atoms with E-state index in [2.05, 4.69) is 20.7 Å². The summed E-state index contributed by atoms with van der Waals surface area (Å²) in [6, 6.07) is 1.94. The van der Waals surface area contributed by atoms with Gasteiger partial charge in [-0.2, -0.15) is 5.10 Å². The number of amides is 1. The lowest BCUT2D eigenvalue weighted by Gasteiger charge is -2.21. The fourth-order valence-corrected chi connectivity index (χ4v) is 2.70. The number of carbonyl (C=O) groups is 1. The zero-order valence-corrected chi connectivity index (χ0v) is 11.8. The molecule has 0 radical (unpaired) electrons. The molecule has 2 aromatic heterocycles. The molecule has 1 aliphatic rings. The Balaban J connectivity index is 1.80. The molecule has 0 saturated carbocycles. The third-order valence-corrected chi connectivity index (χ3v) is 3.80. The Morgan fingerprint density at radius 1 is 1.55 bits per heavy atom. The first-order valence-electron chi connectivity index (χ1n) is 6.96. The summed E-state index contributed by atoms with van der Waals surface area (Å²) >= 11 is 0. The summed E-state index contributed by atoms with van der Waals surface area (Å²) < 4.78 is 1.75. The highest BCUT2D eigenvalue weighted by molar-refractivity contribution is 5.94. The van der Waals surface area contributed by atoms with E-state index in [4.69, 9.17) is 0 Å². The van der Waals surface area contributed by atoms with Gasteiger partial charge in [-0.05, 0) is 32.4 Å². The Kier molecular flexibility index (Phi) is 3.40. The van der Waals surface area contributed by atoms with E-state index in [-0.39, 0.29) is 11.8 Å². The largest absolute Gasteiger partial charge is 0.324 e. The molecular formula is C14H19N5O. The zero-order chi connectivity index (χ0) is 14.1. The molecule has 0 aliphatic carbocycles. The molecule has 1 saturated heterocycles. The van der Waals surface area contributed by atoms with E-state index in [0.29, 0.717) is 0 Å². The lowest BCUT2D eigenvalue weighted by molar-refractivity contribution is -0.120. The highest BCUT2D eigenvalue weighted by Gasteiger charge is 2.21. The van der Waals surface area contributed by atoms with Crippen molar-refractivity contribution in [3.05, 3.63) is 18.0 Å². The lowest BCUT2D eigenvalue weighted by atomic mass is 9.99. The number of hydrogen-bond donors (Lipinski definition) is 2. The number of piperidine rings is 1. The summed E-state index contributed by atoms with van der Waals surface area (Å²) in [7, 11) is 1.87. The van der Waals surface area contributed by atoms with Crippen LogP contribution in [0, 0.1) is 12.8 Å². The number of nitrogens with one attached hydrogen (secondary N) is 2. The molecule has 106 valence electrons. The van der Waals surface area contributed by atoms with Gasteiger partial charge in [0.25, 0.3) is 0 Å². The van der Waals surface area contributed by atoms with Crippen LogP contribution in [-0.4, -0.2) is 33.8 Å². The van der Waals surface area contributed by atoms with Gasteiger partial charge in [-0.25, -0.2) is 4.98 Å². The van der Waals surface area contributed by atoms with Crippen LogP contribution in [0.2, 0.25) is 0 Å². The number of anilines is 1. The monoisotopic (exact) mass is 273 g/mol. The molecule has 3 rings (SSSR count). The molecule has 20 heavy (non-hydrogen) atoms. The van der Waals surface area contributed by atoms with E-state index in [1.54, 1.807) is 10.9 Å². The number of pyridine rings is 1. The Bertz CT molecular complexity index is 642. The zero-order valence-electron chi connectivity index (χ0n) is 11.8. The number of aromatic nitrogens is 3. The van der Waals surface area contributed by atoms with Gasteiger partial charge in [0.2, 0.25) is 5.91 Å². The Labute approximate surface area is 117 Å². The van der Waals surface area contributed by atoms with Crippen molar-refractivity contribution in [2.75, 3.05) is 18.4 Å². The highest BCUT2D eigenvalue weighted by atomic mass is 16.1. The number of nitrogens with zero attached hydrogens (tertiary/aromatic N) is 3. The van der Waals surface area contributed by atoms with Gasteiger partial charge in [0.05, 0.1) is 23.5 Å². The molecule has 2 aromatic rings. The maximum absolute atomic E-state index is 12.2. The molecule has 0 spiro atoms. The molecule has 1 unspecified atom stereocenters. The summed E-state index contributed by atoms with van der Waals surface area (Å²) in [6.45, 7) is 3.71. The van der Waals surface area contributed by atoms with Crippen molar-refractivity contribution in [2.45, 2.75) is 19.8 Å². The Morgan fingerprint density at radius 2 is 2.40 bits per heavy atom. The van der Waals surface area contributed by atoms with Gasteiger partial charge in [0, 0.05) is 19.0 Å². The van der Waals surface area contributed by atoms with Gasteiger partial charge in [0.1, 0.15) is 0 Å². The SMILES string of the molecule is Cc1nn(C)c2ncc(NC(=O)C3CCCNC3)cc12. The summed E-state index contributed by atoms with van der Waals surface area (Å²) in [5, 5.41) is 11.5. The maximum atomic E-state index is 12.2. The minimum Gasteiger partial charge on any atom is -0.324 e. The van der Waals surface area contributed by atoms with Crippen LogP contribution >= 0.6 is 0 Å². The Morgan fingerprint density at radius 3 is 3.15 bits per heavy atom. The van der Waals surface area contributed by atoms with E-state index in [1.807, 2.05) is 20.0 Å². The normalized spacial score (nSPS) is 19.2. The van der Waals surface area contributed by atoms with Crippen LogP contribution in [0.5, 0.6) is 0 Å². The van der Waals surface area contributed by atoms with Crippen molar-refractivity contribution >= 4 is 22.6 Å². The van der Waals surface area contributed by atoms with Crippen LogP contribution in [-0.2, 0) is 11.8 Å². The highest BCUT2D eigenvalue weighted by Crippen LogP contribution is 2.20. The van der Waals surface area contributed by atoms with Crippen molar-refractivity contribution < 1.29 is 4.79 Å². The summed E-state index contributed by atoms with van der Waals surface area (Å²) in [5.41, 5.74) is 2.49. The fraction of sp³-hybridized carbons (Fsp3) is 0.500. The molecule has 0 bridgehead atoms.